The number of pyridine rings is 1. The lowest BCUT2D eigenvalue weighted by Crippen LogP contribution is -2.15. The lowest BCUT2D eigenvalue weighted by Gasteiger charge is -2.02. The van der Waals surface area contributed by atoms with Crippen LogP contribution in [0.3, 0.4) is 0 Å². The first-order chi connectivity index (χ1) is 11.6. The van der Waals surface area contributed by atoms with Crippen molar-refractivity contribution in [2.24, 2.45) is 0 Å². The zero-order valence-electron chi connectivity index (χ0n) is 13.3. The zero-order chi connectivity index (χ0) is 16.9. The predicted molar refractivity (Wildman–Crippen MR) is 87.6 cm³/mol. The van der Waals surface area contributed by atoms with Crippen molar-refractivity contribution in [1.29, 1.82) is 0 Å². The van der Waals surface area contributed by atoms with Crippen molar-refractivity contribution in [1.82, 2.24) is 15.1 Å². The molecule has 2 heterocycles. The van der Waals surface area contributed by atoms with E-state index in [4.69, 9.17) is 9.26 Å². The molecule has 0 spiro atoms. The average molecular weight is 324 g/mol. The second-order valence-corrected chi connectivity index (χ2v) is 5.13. The van der Waals surface area contributed by atoms with Gasteiger partial charge in [0.05, 0.1) is 7.11 Å². The molecule has 3 aromatic rings. The van der Waals surface area contributed by atoms with E-state index in [-0.39, 0.29) is 18.2 Å². The number of hydrogen-bond donors (Lipinski definition) is 1. The lowest BCUT2D eigenvalue weighted by molar-refractivity contribution is -0.115. The minimum absolute atomic E-state index is 0.0151. The number of amides is 1. The average Bonchev–Trinajstić information content (AvgIpc) is 3.03. The largest absolute Gasteiger partial charge is 0.497 e. The number of carbonyl (C=O) groups excluding carboxylic acids is 1. The Labute approximate surface area is 138 Å². The Hall–Kier alpha value is -3.22. The lowest BCUT2D eigenvalue weighted by atomic mass is 10.2. The smallest absolute Gasteiger partial charge is 0.236 e. The van der Waals surface area contributed by atoms with Gasteiger partial charge in [-0.05, 0) is 43.3 Å². The fourth-order valence-corrected chi connectivity index (χ4v) is 2.12. The molecule has 1 N–H and O–H groups in total. The first-order valence-electron chi connectivity index (χ1n) is 7.34. The molecule has 0 radical (unpaired) electrons. The van der Waals surface area contributed by atoms with Crippen LogP contribution in [0.25, 0.3) is 11.4 Å². The highest BCUT2D eigenvalue weighted by atomic mass is 16.5. The number of benzene rings is 1. The van der Waals surface area contributed by atoms with Gasteiger partial charge in [-0.3, -0.25) is 4.79 Å². The molecule has 0 saturated heterocycles. The second kappa shape index (κ2) is 6.91. The Kier molecular flexibility index (Phi) is 4.51. The fourth-order valence-electron chi connectivity index (χ4n) is 2.12. The summed E-state index contributed by atoms with van der Waals surface area (Å²) < 4.78 is 10.2. The minimum Gasteiger partial charge on any atom is -0.497 e. The highest BCUT2D eigenvalue weighted by Crippen LogP contribution is 2.19. The number of nitrogens with zero attached hydrogens (tertiary/aromatic N) is 3. The molecule has 0 saturated carbocycles. The van der Waals surface area contributed by atoms with E-state index in [9.17, 15) is 4.79 Å². The molecule has 24 heavy (non-hydrogen) atoms. The number of rotatable bonds is 5. The van der Waals surface area contributed by atoms with Gasteiger partial charge in [0.1, 0.15) is 18.0 Å². The highest BCUT2D eigenvalue weighted by Gasteiger charge is 2.13. The number of nitrogens with one attached hydrogen (secondary N) is 1. The molecule has 7 nitrogen and oxygen atoms in total. The standard InChI is InChI=1S/C17H16N4O3/c1-11-4-3-5-14(18-11)19-15(22)10-16-20-17(21-24-16)12-6-8-13(23-2)9-7-12/h3-9H,10H2,1-2H3,(H,18,19,22). The maximum absolute atomic E-state index is 12.0. The van der Waals surface area contributed by atoms with Gasteiger partial charge >= 0.3 is 0 Å². The third-order valence-electron chi connectivity index (χ3n) is 3.28. The predicted octanol–water partition coefficient (Wildman–Crippen LogP) is 2.63. The summed E-state index contributed by atoms with van der Waals surface area (Å²) in [6.45, 7) is 1.86. The van der Waals surface area contributed by atoms with Crippen LogP contribution in [-0.2, 0) is 11.2 Å². The van der Waals surface area contributed by atoms with Gasteiger partial charge < -0.3 is 14.6 Å². The number of hydrogen-bond acceptors (Lipinski definition) is 6. The van der Waals surface area contributed by atoms with Crippen LogP contribution in [0.15, 0.2) is 47.0 Å². The molecule has 1 aromatic carbocycles. The first-order valence-corrected chi connectivity index (χ1v) is 7.34. The van der Waals surface area contributed by atoms with Gasteiger partial charge in [0, 0.05) is 11.3 Å². The Morgan fingerprint density at radius 3 is 2.67 bits per heavy atom. The molecule has 122 valence electrons. The van der Waals surface area contributed by atoms with Crippen molar-refractivity contribution in [3.05, 3.63) is 54.0 Å². The van der Waals surface area contributed by atoms with Gasteiger partial charge in [0.2, 0.25) is 17.6 Å². The van der Waals surface area contributed by atoms with E-state index in [1.54, 1.807) is 13.2 Å². The number of aromatic nitrogens is 3. The Bertz CT molecular complexity index is 843. The molecule has 0 unspecified atom stereocenters. The van der Waals surface area contributed by atoms with E-state index in [0.29, 0.717) is 11.6 Å². The molecule has 0 aliphatic heterocycles. The number of aryl methyl sites for hydroxylation is 1. The summed E-state index contributed by atoms with van der Waals surface area (Å²) in [5.74, 6) is 1.64. The van der Waals surface area contributed by atoms with Crippen LogP contribution in [0.2, 0.25) is 0 Å². The van der Waals surface area contributed by atoms with Crippen molar-refractivity contribution >= 4 is 11.7 Å². The summed E-state index contributed by atoms with van der Waals surface area (Å²) >= 11 is 0. The van der Waals surface area contributed by atoms with E-state index in [2.05, 4.69) is 20.4 Å². The van der Waals surface area contributed by atoms with Gasteiger partial charge in [-0.15, -0.1) is 0 Å². The van der Waals surface area contributed by atoms with E-state index < -0.39 is 0 Å². The highest BCUT2D eigenvalue weighted by molar-refractivity contribution is 5.90. The second-order valence-electron chi connectivity index (χ2n) is 5.13. The molecule has 0 fully saturated rings. The monoisotopic (exact) mass is 324 g/mol. The molecule has 7 heteroatoms. The van der Waals surface area contributed by atoms with Crippen LogP contribution >= 0.6 is 0 Å². The number of methoxy groups -OCH3 is 1. The molecule has 0 bridgehead atoms. The minimum atomic E-state index is -0.266. The molecular formula is C17H16N4O3. The van der Waals surface area contributed by atoms with Crippen LogP contribution < -0.4 is 10.1 Å². The summed E-state index contributed by atoms with van der Waals surface area (Å²) in [6.07, 6.45) is -0.0151. The number of anilines is 1. The Morgan fingerprint density at radius 1 is 1.17 bits per heavy atom. The SMILES string of the molecule is COc1ccc(-c2noc(CC(=O)Nc3cccc(C)n3)n2)cc1. The van der Waals surface area contributed by atoms with Crippen molar-refractivity contribution in [3.63, 3.8) is 0 Å². The van der Waals surface area contributed by atoms with E-state index in [0.717, 1.165) is 17.0 Å². The van der Waals surface area contributed by atoms with Gasteiger partial charge in [-0.1, -0.05) is 11.2 Å². The zero-order valence-corrected chi connectivity index (χ0v) is 13.3. The van der Waals surface area contributed by atoms with Crippen molar-refractivity contribution in [3.8, 4) is 17.1 Å². The third kappa shape index (κ3) is 3.75. The summed E-state index contributed by atoms with van der Waals surface area (Å²) in [7, 11) is 1.60. The van der Waals surface area contributed by atoms with Crippen molar-refractivity contribution in [2.45, 2.75) is 13.3 Å². The van der Waals surface area contributed by atoms with Crippen LogP contribution in [-0.4, -0.2) is 28.1 Å². The molecule has 0 aliphatic carbocycles. The number of carbonyl (C=O) groups is 1. The third-order valence-corrected chi connectivity index (χ3v) is 3.28. The molecule has 0 aliphatic rings. The molecular weight excluding hydrogens is 308 g/mol. The summed E-state index contributed by atoms with van der Waals surface area (Å²) in [6, 6.07) is 12.7. The topological polar surface area (TPSA) is 90.1 Å². The quantitative estimate of drug-likeness (QED) is 0.776. The maximum atomic E-state index is 12.0. The van der Waals surface area contributed by atoms with Gasteiger partial charge in [0.25, 0.3) is 0 Å². The maximum Gasteiger partial charge on any atom is 0.236 e. The van der Waals surface area contributed by atoms with Crippen LogP contribution in [0.4, 0.5) is 5.82 Å². The van der Waals surface area contributed by atoms with Crippen molar-refractivity contribution < 1.29 is 14.1 Å². The van der Waals surface area contributed by atoms with Crippen molar-refractivity contribution in [2.75, 3.05) is 12.4 Å². The van der Waals surface area contributed by atoms with E-state index >= 15 is 0 Å². The number of ether oxygens (including phenoxy) is 1. The molecule has 2 aromatic heterocycles. The van der Waals surface area contributed by atoms with Crippen LogP contribution in [0.5, 0.6) is 5.75 Å². The van der Waals surface area contributed by atoms with Crippen LogP contribution in [0.1, 0.15) is 11.6 Å². The summed E-state index contributed by atoms with van der Waals surface area (Å²) in [4.78, 5) is 20.5. The summed E-state index contributed by atoms with van der Waals surface area (Å²) in [5, 5.41) is 6.59. The van der Waals surface area contributed by atoms with Gasteiger partial charge in [-0.2, -0.15) is 4.98 Å². The Morgan fingerprint density at radius 2 is 1.96 bits per heavy atom. The summed E-state index contributed by atoms with van der Waals surface area (Å²) in [5.41, 5.74) is 1.61. The first kappa shape index (κ1) is 15.7. The molecule has 1 amide bonds. The normalized spacial score (nSPS) is 10.4. The van der Waals surface area contributed by atoms with E-state index in [1.807, 2.05) is 43.3 Å². The molecule has 3 rings (SSSR count). The van der Waals surface area contributed by atoms with Crippen LogP contribution in [0, 0.1) is 6.92 Å². The molecule has 0 atom stereocenters. The van der Waals surface area contributed by atoms with Gasteiger partial charge in [-0.25, -0.2) is 4.98 Å². The van der Waals surface area contributed by atoms with E-state index in [1.165, 1.54) is 0 Å². The van der Waals surface area contributed by atoms with Gasteiger partial charge in [0.15, 0.2) is 0 Å². The Balaban J connectivity index is 1.65. The fraction of sp³-hybridized carbons (Fsp3) is 0.176.